The Morgan fingerprint density at radius 1 is 0.920 bits per heavy atom. The zero-order valence-electron chi connectivity index (χ0n) is 52.7. The summed E-state index contributed by atoms with van der Waals surface area (Å²) in [6.45, 7) is 17.0. The van der Waals surface area contributed by atoms with Crippen molar-refractivity contribution in [2.75, 3.05) is 53.6 Å². The van der Waals surface area contributed by atoms with Crippen molar-refractivity contribution in [2.24, 2.45) is 47.3 Å². The quantitative estimate of drug-likeness (QED) is 0.0891. The Morgan fingerprint density at radius 3 is 2.27 bits per heavy atom. The number of esters is 1. The second-order valence-electron chi connectivity index (χ2n) is 27.1. The number of hydrogen-bond donors (Lipinski definition) is 4. The van der Waals surface area contributed by atoms with Gasteiger partial charge in [0.1, 0.15) is 24.0 Å². The highest BCUT2D eigenvalue weighted by atomic mass is 19.4. The number of carbonyl (C=O) groups is 5. The summed E-state index contributed by atoms with van der Waals surface area (Å²) in [6.07, 6.45) is -1.51. The van der Waals surface area contributed by atoms with Crippen molar-refractivity contribution in [3.63, 3.8) is 0 Å². The molecule has 88 heavy (non-hydrogen) atoms. The van der Waals surface area contributed by atoms with Crippen LogP contribution in [0.1, 0.15) is 149 Å². The lowest BCUT2D eigenvalue weighted by molar-refractivity contribution is -0.302. The number of hydrogen-bond acceptors (Lipinski definition) is 17. The average molecular weight is 1240 g/mol. The van der Waals surface area contributed by atoms with Gasteiger partial charge in [-0.3, -0.25) is 33.7 Å². The van der Waals surface area contributed by atoms with Crippen molar-refractivity contribution in [3.05, 3.63) is 53.0 Å². The summed E-state index contributed by atoms with van der Waals surface area (Å²) < 4.78 is 70.4. The topological polar surface area (TPSA) is 253 Å². The first-order valence-corrected chi connectivity index (χ1v) is 31.8. The molecule has 4 saturated heterocycles. The number of pyridine rings is 1. The minimum atomic E-state index is -4.86. The number of piperidine rings is 2. The van der Waals surface area contributed by atoms with Crippen LogP contribution < -0.4 is 4.74 Å². The van der Waals surface area contributed by atoms with Crippen molar-refractivity contribution in [1.29, 1.82) is 0 Å². The van der Waals surface area contributed by atoms with E-state index in [0.717, 1.165) is 29.3 Å². The van der Waals surface area contributed by atoms with Crippen LogP contribution in [0, 0.1) is 54.3 Å². The molecule has 0 radical (unpaired) electrons. The molecule has 7 aliphatic rings. The number of allylic oxidation sites excluding steroid dienone is 3. The number of carbonyl (C=O) groups excluding carboxylic acids is 5. The number of Topliss-reactive ketones (excluding diaryl/α,β-unsaturated/α-hetero) is 2. The summed E-state index contributed by atoms with van der Waals surface area (Å²) in [5.41, 5.74) is 3.50. The SMILES string of the molecule is CO[C@H]1C[C@@H](C)C/C(C)=C/[C@@H](CCC(=O)N2CC(N3C[C@@H]4C(c5cc(-c6cnc(C)c(OC(F)(F)F)c6)nn5C(C)C)[C@@H]4C3)C2)C(=O)C[C@H](O)[C@@H](C)[C@@H](/C(C)=C/[C@@H]2CC[C@@H](O)[C@H](CO)C2)OC(=O)[C@@H]2CCCCN2C(=O)C(=O)[C@]2(O)O[C@H]1[C@@H](OC)C[C@H]2C. The van der Waals surface area contributed by atoms with Crippen LogP contribution in [0.3, 0.4) is 0 Å². The highest BCUT2D eigenvalue weighted by molar-refractivity contribution is 6.39. The van der Waals surface area contributed by atoms with Crippen LogP contribution >= 0.6 is 0 Å². The summed E-state index contributed by atoms with van der Waals surface area (Å²) in [4.78, 5) is 82.2. The van der Waals surface area contributed by atoms with E-state index in [1.807, 2.05) is 55.5 Å². The molecule has 1 unspecified atom stereocenters. The second kappa shape index (κ2) is 27.8. The summed E-state index contributed by atoms with van der Waals surface area (Å²) in [5.74, 6) is -8.75. The highest BCUT2D eigenvalue weighted by Crippen LogP contribution is 2.59. The zero-order chi connectivity index (χ0) is 63.8. The first-order chi connectivity index (χ1) is 41.6. The normalized spacial score (nSPS) is 36.0. The predicted octanol–water partition coefficient (Wildman–Crippen LogP) is 7.04. The monoisotopic (exact) mass is 1240 g/mol. The maximum atomic E-state index is 14.8. The van der Waals surface area contributed by atoms with E-state index in [-0.39, 0.29) is 104 Å². The number of halogens is 3. The number of aliphatic hydroxyl groups is 4. The molecule has 2 bridgehead atoms. The molecule has 2 aromatic heterocycles. The van der Waals surface area contributed by atoms with Gasteiger partial charge in [-0.15, -0.1) is 13.2 Å². The summed E-state index contributed by atoms with van der Waals surface area (Å²) in [6, 6.07) is 2.20. The maximum absolute atomic E-state index is 14.8. The number of cyclic esters (lactones) is 1. The molecule has 488 valence electrons. The number of methoxy groups -OCH3 is 2. The molecule has 23 heteroatoms. The summed E-state index contributed by atoms with van der Waals surface area (Å²) >= 11 is 0. The van der Waals surface area contributed by atoms with E-state index in [9.17, 15) is 57.6 Å². The molecular formula is C65H93F3N6O14. The summed E-state index contributed by atoms with van der Waals surface area (Å²) in [7, 11) is 3.00. The van der Waals surface area contributed by atoms with Crippen LogP contribution in [0.2, 0.25) is 0 Å². The van der Waals surface area contributed by atoms with Crippen LogP contribution in [0.25, 0.3) is 11.3 Å². The molecule has 2 aliphatic carbocycles. The molecule has 2 amide bonds. The van der Waals surface area contributed by atoms with Gasteiger partial charge >= 0.3 is 12.3 Å². The molecule has 0 aromatic carbocycles. The Balaban J connectivity index is 0.912. The first kappa shape index (κ1) is 67.3. The molecule has 9 rings (SSSR count). The number of rotatable bonds is 13. The Hall–Kier alpha value is -5.14. The highest BCUT2D eigenvalue weighted by Gasteiger charge is 2.60. The molecular weight excluding hydrogens is 1150 g/mol. The minimum absolute atomic E-state index is 0.000499. The van der Waals surface area contributed by atoms with E-state index >= 15 is 0 Å². The second-order valence-corrected chi connectivity index (χ2v) is 27.1. The largest absolute Gasteiger partial charge is 0.573 e. The number of aromatic nitrogens is 3. The molecule has 20 nitrogen and oxygen atoms in total. The Bertz CT molecular complexity index is 2900. The standard InChI is InChI=1S/C65H93F3N6O14/c1-34(2)74-50(26-48(70-74)43-25-54(40(8)69-28-43)87-65(66,67)68)58-46-31-71(32-47(46)58)45-29-72(30-45)57(79)17-15-42-20-35(3)19-36(4)21-55(84-9)60-56(85-10)23-38(6)64(83,88-60)61(80)62(81)73-18-12-11-13-49(73)63(82)86-59(39(7)52(77)27-53(42)78)37(5)22-41-14-16-51(76)44(24-41)33-75/h20,22,25-26,28,34,36,38-39,41-42,44-47,49,51-52,55-56,58-60,75-77,83H,11-19,21,23-24,27,29-33H2,1-10H3/b35-20+,37-22+/t36-,38+,39+,41-,42+,44-,46-,47+,49-,51+,52-,55-,56-,58?,59+,60+,64+/m0/s1. The van der Waals surface area contributed by atoms with Crippen LogP contribution in [0.4, 0.5) is 13.2 Å². The third-order valence-corrected chi connectivity index (χ3v) is 20.4. The number of amides is 2. The van der Waals surface area contributed by atoms with Crippen LogP contribution in [0.5, 0.6) is 5.75 Å². The van der Waals surface area contributed by atoms with Gasteiger partial charge in [0.25, 0.3) is 11.7 Å². The minimum Gasteiger partial charge on any atom is -0.456 e. The number of alkyl halides is 3. The molecule has 2 aromatic rings. The molecule has 5 aliphatic heterocycles. The third-order valence-electron chi connectivity index (χ3n) is 20.4. The van der Waals surface area contributed by atoms with E-state index in [1.54, 1.807) is 20.8 Å². The Kier molecular flexibility index (Phi) is 21.2. The zero-order valence-corrected chi connectivity index (χ0v) is 52.7. The molecule has 0 spiro atoms. The van der Waals surface area contributed by atoms with Crippen LogP contribution in [-0.2, 0) is 42.9 Å². The maximum Gasteiger partial charge on any atom is 0.573 e. The number of ketones is 2. The Morgan fingerprint density at radius 2 is 1.61 bits per heavy atom. The number of likely N-dealkylation sites (tertiary alicyclic amines) is 2. The fraction of sp³-hybridized carbons (Fsp3) is 0.738. The van der Waals surface area contributed by atoms with E-state index in [0.29, 0.717) is 86.7 Å². The third kappa shape index (κ3) is 14.8. The average Bonchev–Trinajstić information content (AvgIpc) is 1.54. The number of fused-ring (bicyclic) bond motifs is 4. The first-order valence-electron chi connectivity index (χ1n) is 31.8. The lowest BCUT2D eigenvalue weighted by Gasteiger charge is -2.47. The van der Waals surface area contributed by atoms with Gasteiger partial charge in [0, 0.05) is 126 Å². The van der Waals surface area contributed by atoms with Gasteiger partial charge in [-0.1, -0.05) is 38.5 Å². The van der Waals surface area contributed by atoms with Gasteiger partial charge < -0.3 is 53.9 Å². The van der Waals surface area contributed by atoms with Crippen molar-refractivity contribution >= 4 is 29.4 Å². The fourth-order valence-corrected chi connectivity index (χ4v) is 15.1. The predicted molar refractivity (Wildman–Crippen MR) is 316 cm³/mol. The molecule has 6 fully saturated rings. The molecule has 2 saturated carbocycles. The van der Waals surface area contributed by atoms with E-state index < -0.39 is 90.2 Å². The fourth-order valence-electron chi connectivity index (χ4n) is 15.1. The number of aryl methyl sites for hydroxylation is 1. The number of aliphatic hydroxyl groups excluding tert-OH is 3. The van der Waals surface area contributed by atoms with Crippen molar-refractivity contribution in [1.82, 2.24) is 29.5 Å². The lowest BCUT2D eigenvalue weighted by Crippen LogP contribution is -2.64. The van der Waals surface area contributed by atoms with Crippen LogP contribution in [0.15, 0.2) is 41.6 Å². The summed E-state index contributed by atoms with van der Waals surface area (Å²) in [5, 5.41) is 50.0. The van der Waals surface area contributed by atoms with Crippen molar-refractivity contribution in [2.45, 2.75) is 205 Å². The Labute approximate surface area is 514 Å². The van der Waals surface area contributed by atoms with Crippen molar-refractivity contribution < 1.29 is 81.3 Å². The lowest BCUT2D eigenvalue weighted by atomic mass is 9.78. The molecule has 7 heterocycles. The van der Waals surface area contributed by atoms with E-state index in [1.165, 1.54) is 33.4 Å². The van der Waals surface area contributed by atoms with Gasteiger partial charge in [-0.05, 0) is 140 Å². The molecule has 17 atom stereocenters. The smallest absolute Gasteiger partial charge is 0.456 e. The number of ether oxygens (including phenoxy) is 5. The van der Waals surface area contributed by atoms with Gasteiger partial charge in [-0.25, -0.2) is 4.79 Å². The van der Waals surface area contributed by atoms with E-state index in [4.69, 9.17) is 24.0 Å². The van der Waals surface area contributed by atoms with Gasteiger partial charge in [-0.2, -0.15) is 5.10 Å². The van der Waals surface area contributed by atoms with Crippen LogP contribution in [-0.4, -0.2) is 194 Å². The molecule has 4 N–H and O–H groups in total. The van der Waals surface area contributed by atoms with E-state index in [2.05, 4.69) is 14.6 Å². The van der Waals surface area contributed by atoms with Gasteiger partial charge in [0.05, 0.1) is 35.8 Å². The van der Waals surface area contributed by atoms with Crippen molar-refractivity contribution in [3.8, 4) is 17.0 Å². The number of nitrogens with zero attached hydrogens (tertiary/aromatic N) is 6. The van der Waals surface area contributed by atoms with Gasteiger partial charge in [0.15, 0.2) is 5.75 Å². The van der Waals surface area contributed by atoms with Gasteiger partial charge in [0.2, 0.25) is 11.7 Å².